The van der Waals surface area contributed by atoms with Gasteiger partial charge in [0, 0.05) is 22.7 Å². The van der Waals surface area contributed by atoms with Crippen molar-refractivity contribution in [1.29, 1.82) is 0 Å². The predicted molar refractivity (Wildman–Crippen MR) is 118 cm³/mol. The van der Waals surface area contributed by atoms with Gasteiger partial charge in [0.05, 0.1) is 17.2 Å². The summed E-state index contributed by atoms with van der Waals surface area (Å²) in [6.07, 6.45) is 4.21. The largest absolute Gasteiger partial charge is 0.349 e. The summed E-state index contributed by atoms with van der Waals surface area (Å²) in [6, 6.07) is 11.2. The Bertz CT molecular complexity index is 1200. The number of aromatic nitrogens is 2. The molecule has 0 unspecified atom stereocenters. The molecule has 2 aliphatic rings. The highest BCUT2D eigenvalue weighted by molar-refractivity contribution is 6.30. The van der Waals surface area contributed by atoms with Gasteiger partial charge in [-0.05, 0) is 79.5 Å². The van der Waals surface area contributed by atoms with Crippen molar-refractivity contribution >= 4 is 28.4 Å². The maximum atomic E-state index is 13.6. The third kappa shape index (κ3) is 3.63. The second kappa shape index (κ2) is 7.75. The minimum absolute atomic E-state index is 0.0726. The van der Waals surface area contributed by atoms with E-state index in [0.29, 0.717) is 39.2 Å². The molecule has 2 saturated carbocycles. The molecule has 7 heteroatoms. The fourth-order valence-corrected chi connectivity index (χ4v) is 5.50. The Morgan fingerprint density at radius 3 is 2.61 bits per heavy atom. The van der Waals surface area contributed by atoms with Crippen LogP contribution in [0.2, 0.25) is 5.02 Å². The average Bonchev–Trinajstić information content (AvgIpc) is 3.25. The van der Waals surface area contributed by atoms with Gasteiger partial charge in [0.1, 0.15) is 5.82 Å². The number of hydrogen-bond acceptors (Lipinski definition) is 3. The molecule has 3 aromatic rings. The van der Waals surface area contributed by atoms with E-state index in [1.54, 1.807) is 35.2 Å². The number of nitrogens with one attached hydrogen (secondary N) is 1. The molecule has 0 bridgehead atoms. The van der Waals surface area contributed by atoms with Crippen LogP contribution in [0.5, 0.6) is 0 Å². The van der Waals surface area contributed by atoms with Crippen LogP contribution in [0, 0.1) is 23.6 Å². The van der Waals surface area contributed by atoms with Gasteiger partial charge in [0.15, 0.2) is 0 Å². The maximum Gasteiger partial charge on any atom is 0.261 e. The first-order valence-electron chi connectivity index (χ1n) is 10.7. The van der Waals surface area contributed by atoms with Gasteiger partial charge in [-0.25, -0.2) is 9.37 Å². The zero-order chi connectivity index (χ0) is 21.7. The highest BCUT2D eigenvalue weighted by atomic mass is 35.5. The molecule has 2 aliphatic carbocycles. The zero-order valence-corrected chi connectivity index (χ0v) is 17.8. The van der Waals surface area contributed by atoms with Crippen LogP contribution in [-0.2, 0) is 0 Å². The monoisotopic (exact) mass is 439 g/mol. The highest BCUT2D eigenvalue weighted by Gasteiger charge is 2.59. The number of rotatable bonds is 5. The molecule has 1 amide bonds. The first-order valence-corrected chi connectivity index (χ1v) is 11.1. The Morgan fingerprint density at radius 2 is 1.94 bits per heavy atom. The number of carbonyl (C=O) groups excluding carboxylic acids is 1. The number of nitrogens with zero attached hydrogens (tertiary/aromatic N) is 2. The second-order valence-corrected chi connectivity index (χ2v) is 9.08. The summed E-state index contributed by atoms with van der Waals surface area (Å²) in [6.45, 7) is 2.09. The lowest BCUT2D eigenvalue weighted by Crippen LogP contribution is -2.37. The fraction of sp³-hybridized carbons (Fsp3) is 0.375. The average molecular weight is 440 g/mol. The van der Waals surface area contributed by atoms with Crippen molar-refractivity contribution in [3.05, 3.63) is 75.5 Å². The van der Waals surface area contributed by atoms with Crippen LogP contribution in [0.3, 0.4) is 0 Å². The van der Waals surface area contributed by atoms with Crippen molar-refractivity contribution in [2.75, 3.05) is 0 Å². The Kier molecular flexibility index (Phi) is 5.05. The fourth-order valence-electron chi connectivity index (χ4n) is 5.38. The SMILES string of the molecule is CC[C@H](NC(=O)c1ccc(Cl)cc1)C1[C@H]2CC(n3cnc4ccc(F)cc4c3=O)C[C@H]12. The van der Waals surface area contributed by atoms with E-state index in [4.69, 9.17) is 11.6 Å². The lowest BCUT2D eigenvalue weighted by molar-refractivity contribution is 0.0927. The molecule has 0 saturated heterocycles. The van der Waals surface area contributed by atoms with Crippen molar-refractivity contribution in [2.24, 2.45) is 17.8 Å². The molecule has 2 aromatic carbocycles. The molecule has 3 atom stereocenters. The Balaban J connectivity index is 1.27. The van der Waals surface area contributed by atoms with E-state index in [1.807, 2.05) is 0 Å². The molecule has 31 heavy (non-hydrogen) atoms. The number of hydrogen-bond donors (Lipinski definition) is 1. The van der Waals surface area contributed by atoms with Crippen LogP contribution in [0.4, 0.5) is 4.39 Å². The van der Waals surface area contributed by atoms with Crippen molar-refractivity contribution in [3.63, 3.8) is 0 Å². The minimum Gasteiger partial charge on any atom is -0.349 e. The summed E-state index contributed by atoms with van der Waals surface area (Å²) in [5.41, 5.74) is 0.933. The number of fused-ring (bicyclic) bond motifs is 2. The summed E-state index contributed by atoms with van der Waals surface area (Å²) in [5, 5.41) is 4.11. The van der Waals surface area contributed by atoms with Gasteiger partial charge in [0.2, 0.25) is 0 Å². The summed E-state index contributed by atoms with van der Waals surface area (Å²) in [7, 11) is 0. The van der Waals surface area contributed by atoms with E-state index in [9.17, 15) is 14.0 Å². The first-order chi connectivity index (χ1) is 15.0. The quantitative estimate of drug-likeness (QED) is 0.632. The van der Waals surface area contributed by atoms with Gasteiger partial charge < -0.3 is 5.32 Å². The predicted octanol–water partition coefficient (Wildman–Crippen LogP) is 4.59. The van der Waals surface area contributed by atoms with Gasteiger partial charge in [0.25, 0.3) is 11.5 Å². The topological polar surface area (TPSA) is 64.0 Å². The van der Waals surface area contributed by atoms with Gasteiger partial charge in [-0.2, -0.15) is 0 Å². The molecule has 5 nitrogen and oxygen atoms in total. The first kappa shape index (κ1) is 20.2. The lowest BCUT2D eigenvalue weighted by atomic mass is 9.99. The van der Waals surface area contributed by atoms with Crippen molar-refractivity contribution in [1.82, 2.24) is 14.9 Å². The summed E-state index contributed by atoms with van der Waals surface area (Å²) in [4.78, 5) is 29.8. The standard InChI is InChI=1S/C24H23ClFN3O2/c1-2-20(28-23(30)13-3-5-14(25)6-4-13)22-17-10-16(11-18(17)22)29-12-27-21-8-7-15(26)9-19(21)24(29)31/h3-9,12,16-18,20,22H,2,10-11H2,1H3,(H,28,30)/t16?,17-,18-,20-,22?/m0/s1. The molecule has 1 N–H and O–H groups in total. The van der Waals surface area contributed by atoms with Crippen LogP contribution in [0.15, 0.2) is 53.6 Å². The lowest BCUT2D eigenvalue weighted by Gasteiger charge is -2.22. The molecule has 1 aromatic heterocycles. The van der Waals surface area contributed by atoms with Crippen LogP contribution in [0.1, 0.15) is 42.6 Å². The van der Waals surface area contributed by atoms with E-state index < -0.39 is 5.82 Å². The van der Waals surface area contributed by atoms with Gasteiger partial charge in [-0.1, -0.05) is 18.5 Å². The zero-order valence-electron chi connectivity index (χ0n) is 17.1. The van der Waals surface area contributed by atoms with E-state index in [2.05, 4.69) is 17.2 Å². The van der Waals surface area contributed by atoms with E-state index in [-0.39, 0.29) is 23.6 Å². The molecule has 0 radical (unpaired) electrons. The number of halogens is 2. The van der Waals surface area contributed by atoms with Crippen molar-refractivity contribution in [3.8, 4) is 0 Å². The molecule has 0 aliphatic heterocycles. The Hall–Kier alpha value is -2.73. The van der Waals surface area contributed by atoms with Gasteiger partial charge >= 0.3 is 0 Å². The number of carbonyl (C=O) groups is 1. The second-order valence-electron chi connectivity index (χ2n) is 8.64. The van der Waals surface area contributed by atoms with Gasteiger partial charge in [-0.3, -0.25) is 14.2 Å². The summed E-state index contributed by atoms with van der Waals surface area (Å²) < 4.78 is 15.3. The Morgan fingerprint density at radius 1 is 1.23 bits per heavy atom. The summed E-state index contributed by atoms with van der Waals surface area (Å²) >= 11 is 5.91. The molecule has 2 fully saturated rings. The summed E-state index contributed by atoms with van der Waals surface area (Å²) in [5.74, 6) is 0.882. The minimum atomic E-state index is -0.430. The molecule has 5 rings (SSSR count). The van der Waals surface area contributed by atoms with Crippen LogP contribution in [-0.4, -0.2) is 21.5 Å². The molecule has 160 valence electrons. The van der Waals surface area contributed by atoms with Gasteiger partial charge in [-0.15, -0.1) is 0 Å². The third-order valence-electron chi connectivity index (χ3n) is 6.95. The molecular formula is C24H23ClFN3O2. The van der Waals surface area contributed by atoms with Crippen LogP contribution in [0.25, 0.3) is 10.9 Å². The molecule has 0 spiro atoms. The highest BCUT2D eigenvalue weighted by Crippen LogP contribution is 2.62. The van der Waals surface area contributed by atoms with E-state index >= 15 is 0 Å². The Labute approximate surface area is 184 Å². The maximum absolute atomic E-state index is 13.6. The smallest absolute Gasteiger partial charge is 0.261 e. The number of benzene rings is 2. The molecular weight excluding hydrogens is 417 g/mol. The van der Waals surface area contributed by atoms with Crippen LogP contribution < -0.4 is 10.9 Å². The van der Waals surface area contributed by atoms with E-state index in [0.717, 1.165) is 19.3 Å². The van der Waals surface area contributed by atoms with Crippen molar-refractivity contribution in [2.45, 2.75) is 38.3 Å². The van der Waals surface area contributed by atoms with Crippen molar-refractivity contribution < 1.29 is 9.18 Å². The third-order valence-corrected chi connectivity index (χ3v) is 7.20. The molecule has 1 heterocycles. The normalized spacial score (nSPS) is 23.5. The van der Waals surface area contributed by atoms with E-state index in [1.165, 1.54) is 18.2 Å². The number of amides is 1. The van der Waals surface area contributed by atoms with Crippen LogP contribution >= 0.6 is 11.6 Å².